The van der Waals surface area contributed by atoms with Gasteiger partial charge in [0.25, 0.3) is 5.91 Å². The Morgan fingerprint density at radius 2 is 1.68 bits per heavy atom. The summed E-state index contributed by atoms with van der Waals surface area (Å²) in [5, 5.41) is 13.2. The van der Waals surface area contributed by atoms with Crippen molar-refractivity contribution in [3.8, 4) is 17.3 Å². The van der Waals surface area contributed by atoms with E-state index in [1.54, 1.807) is 10.7 Å². The predicted octanol–water partition coefficient (Wildman–Crippen LogP) is 2.01. The van der Waals surface area contributed by atoms with Crippen LogP contribution in [0, 0.1) is 13.8 Å². The summed E-state index contributed by atoms with van der Waals surface area (Å²) in [6.45, 7) is 7.48. The quantitative estimate of drug-likeness (QED) is 0.641. The van der Waals surface area contributed by atoms with Gasteiger partial charge in [-0.2, -0.15) is 5.10 Å². The van der Waals surface area contributed by atoms with Crippen molar-refractivity contribution in [3.05, 3.63) is 53.3 Å². The van der Waals surface area contributed by atoms with Crippen LogP contribution in [-0.4, -0.2) is 70.2 Å². The van der Waals surface area contributed by atoms with E-state index < -0.39 is 0 Å². The maximum atomic E-state index is 13.1. The van der Waals surface area contributed by atoms with E-state index >= 15 is 0 Å². The minimum atomic E-state index is -0.0343. The van der Waals surface area contributed by atoms with Crippen LogP contribution in [0.1, 0.15) is 21.7 Å². The molecule has 1 fully saturated rings. The Morgan fingerprint density at radius 1 is 0.935 bits per heavy atom. The van der Waals surface area contributed by atoms with Crippen molar-refractivity contribution in [3.63, 3.8) is 0 Å². The smallest absolute Gasteiger partial charge is 0.257 e. The zero-order valence-corrected chi connectivity index (χ0v) is 17.6. The second-order valence-electron chi connectivity index (χ2n) is 7.70. The average Bonchev–Trinajstić information content (AvgIpc) is 3.16. The van der Waals surface area contributed by atoms with Crippen LogP contribution in [0.25, 0.3) is 5.82 Å². The minimum Gasteiger partial charge on any atom is -0.486 e. The summed E-state index contributed by atoms with van der Waals surface area (Å²) >= 11 is 0. The van der Waals surface area contributed by atoms with Gasteiger partial charge in [0.05, 0.1) is 11.3 Å². The highest BCUT2D eigenvalue weighted by Crippen LogP contribution is 2.34. The number of amides is 1. The summed E-state index contributed by atoms with van der Waals surface area (Å²) in [6, 6.07) is 11.3. The van der Waals surface area contributed by atoms with Crippen molar-refractivity contribution in [2.24, 2.45) is 0 Å². The van der Waals surface area contributed by atoms with Gasteiger partial charge in [0.1, 0.15) is 13.2 Å². The number of benzene rings is 1. The summed E-state index contributed by atoms with van der Waals surface area (Å²) in [7, 11) is 0. The van der Waals surface area contributed by atoms with E-state index in [9.17, 15) is 4.79 Å². The number of carbonyl (C=O) groups excluding carboxylic acids is 1. The summed E-state index contributed by atoms with van der Waals surface area (Å²) in [5.74, 6) is 2.64. The molecular weight excluding hydrogens is 396 g/mol. The lowest BCUT2D eigenvalue weighted by atomic mass is 10.1. The third-order valence-corrected chi connectivity index (χ3v) is 5.55. The highest BCUT2D eigenvalue weighted by molar-refractivity contribution is 5.98. The molecule has 0 atom stereocenters. The van der Waals surface area contributed by atoms with Gasteiger partial charge in [0.2, 0.25) is 0 Å². The Bertz CT molecular complexity index is 1100. The van der Waals surface area contributed by atoms with Crippen molar-refractivity contribution < 1.29 is 14.3 Å². The van der Waals surface area contributed by atoms with E-state index in [0.29, 0.717) is 62.3 Å². The molecule has 9 heteroatoms. The van der Waals surface area contributed by atoms with Crippen molar-refractivity contribution in [2.75, 3.05) is 44.3 Å². The molecule has 31 heavy (non-hydrogen) atoms. The Hall–Kier alpha value is -3.62. The first-order chi connectivity index (χ1) is 15.1. The van der Waals surface area contributed by atoms with Gasteiger partial charge in [-0.25, -0.2) is 4.68 Å². The third-order valence-electron chi connectivity index (χ3n) is 5.55. The summed E-state index contributed by atoms with van der Waals surface area (Å²) < 4.78 is 13.1. The largest absolute Gasteiger partial charge is 0.486 e. The zero-order chi connectivity index (χ0) is 21.4. The summed E-state index contributed by atoms with van der Waals surface area (Å²) in [5.41, 5.74) is 2.52. The molecule has 2 aliphatic rings. The first-order valence-electron chi connectivity index (χ1n) is 10.4. The molecule has 0 bridgehead atoms. The molecule has 1 saturated heterocycles. The van der Waals surface area contributed by atoms with E-state index in [1.807, 2.05) is 49.1 Å². The maximum Gasteiger partial charge on any atom is 0.257 e. The topological polar surface area (TPSA) is 85.6 Å². The lowest BCUT2D eigenvalue weighted by Gasteiger charge is -2.35. The molecule has 0 spiro atoms. The van der Waals surface area contributed by atoms with Crippen LogP contribution in [-0.2, 0) is 0 Å². The van der Waals surface area contributed by atoms with Crippen LogP contribution < -0.4 is 14.4 Å². The molecule has 1 aromatic carbocycles. The molecule has 0 radical (unpaired) electrons. The predicted molar refractivity (Wildman–Crippen MR) is 114 cm³/mol. The van der Waals surface area contributed by atoms with Crippen LogP contribution in [0.4, 0.5) is 5.82 Å². The molecule has 3 aromatic rings. The molecule has 2 aliphatic heterocycles. The molecule has 5 rings (SSSR count). The molecule has 0 aliphatic carbocycles. The number of anilines is 1. The number of hydrogen-bond donors (Lipinski definition) is 0. The van der Waals surface area contributed by atoms with E-state index in [1.165, 1.54) is 0 Å². The van der Waals surface area contributed by atoms with Crippen LogP contribution in [0.5, 0.6) is 11.5 Å². The van der Waals surface area contributed by atoms with E-state index in [-0.39, 0.29) is 5.91 Å². The number of carbonyl (C=O) groups is 1. The number of rotatable bonds is 3. The molecule has 0 N–H and O–H groups in total. The molecule has 4 heterocycles. The monoisotopic (exact) mass is 420 g/mol. The van der Waals surface area contributed by atoms with E-state index in [0.717, 1.165) is 17.2 Å². The summed E-state index contributed by atoms with van der Waals surface area (Å²) in [4.78, 5) is 17.1. The average molecular weight is 420 g/mol. The number of aryl methyl sites for hydroxylation is 2. The molecular formula is C22H24N6O3. The number of aromatic nitrogens is 4. The molecule has 2 aromatic heterocycles. The van der Waals surface area contributed by atoms with Crippen molar-refractivity contribution in [2.45, 2.75) is 13.8 Å². The Kier molecular flexibility index (Phi) is 4.93. The first kappa shape index (κ1) is 19.3. The Labute approximate surface area is 180 Å². The van der Waals surface area contributed by atoms with E-state index in [2.05, 4.69) is 20.2 Å². The number of piperazine rings is 1. The highest BCUT2D eigenvalue weighted by Gasteiger charge is 2.27. The number of nitrogens with zero attached hydrogens (tertiary/aromatic N) is 6. The number of hydrogen-bond acceptors (Lipinski definition) is 7. The van der Waals surface area contributed by atoms with Gasteiger partial charge >= 0.3 is 0 Å². The molecule has 1 amide bonds. The van der Waals surface area contributed by atoms with Crippen molar-refractivity contribution in [1.29, 1.82) is 0 Å². The fourth-order valence-electron chi connectivity index (χ4n) is 4.01. The lowest BCUT2D eigenvalue weighted by Crippen LogP contribution is -2.49. The highest BCUT2D eigenvalue weighted by atomic mass is 16.6. The second kappa shape index (κ2) is 7.90. The van der Waals surface area contributed by atoms with Gasteiger partial charge in [-0.05, 0) is 44.2 Å². The molecule has 160 valence electrons. The van der Waals surface area contributed by atoms with E-state index in [4.69, 9.17) is 9.47 Å². The number of para-hydroxylation sites is 1. The van der Waals surface area contributed by atoms with Crippen LogP contribution >= 0.6 is 0 Å². The van der Waals surface area contributed by atoms with Gasteiger partial charge in [0, 0.05) is 31.9 Å². The van der Waals surface area contributed by atoms with Gasteiger partial charge in [-0.1, -0.05) is 6.07 Å². The molecule has 0 saturated carbocycles. The van der Waals surface area contributed by atoms with Crippen LogP contribution in [0.2, 0.25) is 0 Å². The van der Waals surface area contributed by atoms with Gasteiger partial charge in [0.15, 0.2) is 23.1 Å². The fourth-order valence-corrected chi connectivity index (χ4v) is 4.01. The van der Waals surface area contributed by atoms with Gasteiger partial charge < -0.3 is 19.3 Å². The fraction of sp³-hybridized carbons (Fsp3) is 0.364. The molecule has 9 nitrogen and oxygen atoms in total. The maximum absolute atomic E-state index is 13.1. The number of ether oxygens (including phenoxy) is 2. The third kappa shape index (κ3) is 3.67. The minimum absolute atomic E-state index is 0.0343. The zero-order valence-electron chi connectivity index (χ0n) is 17.6. The van der Waals surface area contributed by atoms with Crippen molar-refractivity contribution in [1.82, 2.24) is 24.9 Å². The summed E-state index contributed by atoms with van der Waals surface area (Å²) in [6.07, 6.45) is 0. The standard InChI is InChI=1S/C22H24N6O3/c1-15-14-16(2)28(25-15)20-7-6-19(23-24-20)26-8-10-27(11-9-26)22(29)17-4-3-5-18-21(17)31-13-12-30-18/h3-7,14H,8-13H2,1-2H3. The molecule has 0 unspecified atom stereocenters. The number of fused-ring (bicyclic) bond motifs is 1. The second-order valence-corrected chi connectivity index (χ2v) is 7.70. The first-order valence-corrected chi connectivity index (χ1v) is 10.4. The Balaban J connectivity index is 1.26. The van der Waals surface area contributed by atoms with Crippen molar-refractivity contribution >= 4 is 11.7 Å². The Morgan fingerprint density at radius 3 is 2.39 bits per heavy atom. The SMILES string of the molecule is Cc1cc(C)n(-c2ccc(N3CCN(C(=O)c4cccc5c4OCCO5)CC3)nn2)n1. The van der Waals surface area contributed by atoms with Gasteiger partial charge in [-0.15, -0.1) is 10.2 Å². The van der Waals surface area contributed by atoms with Crippen LogP contribution in [0.15, 0.2) is 36.4 Å². The lowest BCUT2D eigenvalue weighted by molar-refractivity contribution is 0.0736. The van der Waals surface area contributed by atoms with Gasteiger partial charge in [-0.3, -0.25) is 4.79 Å². The normalized spacial score (nSPS) is 15.8. The van der Waals surface area contributed by atoms with Crippen LogP contribution in [0.3, 0.4) is 0 Å².